The second kappa shape index (κ2) is 9.43. The minimum Gasteiger partial charge on any atom is -0.495 e. The van der Waals surface area contributed by atoms with Gasteiger partial charge in [-0.3, -0.25) is 4.90 Å². The summed E-state index contributed by atoms with van der Waals surface area (Å²) in [5.41, 5.74) is 1.37. The van der Waals surface area contributed by atoms with Crippen molar-refractivity contribution >= 4 is 40.3 Å². The van der Waals surface area contributed by atoms with Crippen LogP contribution >= 0.6 is 34.5 Å². The molecule has 0 amide bonds. The van der Waals surface area contributed by atoms with E-state index in [4.69, 9.17) is 32.8 Å². The normalized spacial score (nSPS) is 13.2. The molecule has 0 aliphatic rings. The lowest BCUT2D eigenvalue weighted by Crippen LogP contribution is -2.33. The van der Waals surface area contributed by atoms with Crippen LogP contribution < -0.4 is 4.74 Å². The van der Waals surface area contributed by atoms with Gasteiger partial charge in [-0.15, -0.1) is 11.3 Å². The first-order valence-corrected chi connectivity index (χ1v) is 9.71. The van der Waals surface area contributed by atoms with E-state index in [2.05, 4.69) is 23.9 Å². The van der Waals surface area contributed by atoms with Gasteiger partial charge in [-0.2, -0.15) is 0 Å². The zero-order valence-electron chi connectivity index (χ0n) is 14.8. The Morgan fingerprint density at radius 2 is 1.92 bits per heavy atom. The smallest absolute Gasteiger partial charge is 0.178 e. The number of hydrogen-bond acceptors (Lipinski definition) is 5. The Hall–Kier alpha value is -1.27. The molecular weight excluding hydrogens is 379 g/mol. The zero-order chi connectivity index (χ0) is 18.4. The van der Waals surface area contributed by atoms with Crippen LogP contribution in [-0.4, -0.2) is 37.0 Å². The number of thiophene rings is 1. The van der Waals surface area contributed by atoms with Gasteiger partial charge in [0.1, 0.15) is 16.5 Å². The van der Waals surface area contributed by atoms with E-state index in [-0.39, 0.29) is 6.23 Å². The van der Waals surface area contributed by atoms with Gasteiger partial charge in [-0.05, 0) is 43.6 Å². The molecular formula is C18H22Cl2N2O2S. The highest BCUT2D eigenvalue weighted by molar-refractivity contribution is 7.12. The molecule has 0 radical (unpaired) electrons. The van der Waals surface area contributed by atoms with E-state index in [0.29, 0.717) is 27.1 Å². The van der Waals surface area contributed by atoms with Crippen LogP contribution in [0.2, 0.25) is 10.0 Å². The number of nitrogens with zero attached hydrogens (tertiary/aromatic N) is 2. The summed E-state index contributed by atoms with van der Waals surface area (Å²) in [7, 11) is 1.56. The number of oxime groups is 1. The van der Waals surface area contributed by atoms with Crippen LogP contribution in [0.25, 0.3) is 0 Å². The van der Waals surface area contributed by atoms with Crippen molar-refractivity contribution in [2.75, 3.05) is 20.2 Å². The Labute approximate surface area is 162 Å². The summed E-state index contributed by atoms with van der Waals surface area (Å²) in [6, 6.07) is 7.56. The van der Waals surface area contributed by atoms with Gasteiger partial charge in [-0.1, -0.05) is 48.3 Å². The summed E-state index contributed by atoms with van der Waals surface area (Å²) >= 11 is 14.3. The molecule has 0 bridgehead atoms. The third-order valence-electron chi connectivity index (χ3n) is 3.90. The predicted octanol–water partition coefficient (Wildman–Crippen LogP) is 5.52. The van der Waals surface area contributed by atoms with E-state index in [0.717, 1.165) is 18.0 Å². The highest BCUT2D eigenvalue weighted by atomic mass is 35.5. The van der Waals surface area contributed by atoms with Crippen molar-refractivity contribution in [2.24, 2.45) is 5.16 Å². The molecule has 1 heterocycles. The number of halogens is 2. The average molecular weight is 401 g/mol. The molecule has 2 rings (SSSR count). The summed E-state index contributed by atoms with van der Waals surface area (Å²) in [5.74, 6) is 0.526. The molecule has 2 aromatic rings. The molecule has 136 valence electrons. The fourth-order valence-electron chi connectivity index (χ4n) is 2.45. The fourth-order valence-corrected chi connectivity index (χ4v) is 3.65. The largest absolute Gasteiger partial charge is 0.495 e. The Kier molecular flexibility index (Phi) is 7.56. The molecule has 0 N–H and O–H groups in total. The van der Waals surface area contributed by atoms with Gasteiger partial charge in [0.2, 0.25) is 0 Å². The summed E-state index contributed by atoms with van der Waals surface area (Å²) in [6.45, 7) is 7.93. The number of ether oxygens (including phenoxy) is 1. The van der Waals surface area contributed by atoms with Crippen LogP contribution in [0.4, 0.5) is 0 Å². The standard InChI is InChI=1S/C18H22Cl2N2O2S/c1-5-22(6-2)12(3)24-21-18(15-8-7-11-25-15)13-9-10-14(23-4)17(20)16(13)19/h7-12H,5-6H2,1-4H3. The van der Waals surface area contributed by atoms with Gasteiger partial charge in [0, 0.05) is 5.56 Å². The molecule has 0 aliphatic heterocycles. The topological polar surface area (TPSA) is 34.1 Å². The molecule has 1 aromatic carbocycles. The van der Waals surface area contributed by atoms with Crippen molar-refractivity contribution in [1.82, 2.24) is 4.90 Å². The van der Waals surface area contributed by atoms with E-state index in [1.54, 1.807) is 24.5 Å². The second-order valence-corrected chi connectivity index (χ2v) is 6.99. The van der Waals surface area contributed by atoms with Crippen LogP contribution in [0.1, 0.15) is 31.2 Å². The van der Waals surface area contributed by atoms with Gasteiger partial charge in [0.25, 0.3) is 0 Å². The summed E-state index contributed by atoms with van der Waals surface area (Å²) in [4.78, 5) is 8.88. The van der Waals surface area contributed by atoms with Crippen molar-refractivity contribution in [3.63, 3.8) is 0 Å². The van der Waals surface area contributed by atoms with Crippen LogP contribution in [0.5, 0.6) is 5.75 Å². The van der Waals surface area contributed by atoms with E-state index in [1.165, 1.54) is 0 Å². The van der Waals surface area contributed by atoms with Gasteiger partial charge < -0.3 is 9.57 Å². The first kappa shape index (κ1) is 20.0. The molecule has 1 atom stereocenters. The van der Waals surface area contributed by atoms with Crippen molar-refractivity contribution in [2.45, 2.75) is 27.0 Å². The summed E-state index contributed by atoms with van der Waals surface area (Å²) in [5, 5.41) is 7.16. The summed E-state index contributed by atoms with van der Waals surface area (Å²) in [6.07, 6.45) is -0.141. The number of hydrogen-bond donors (Lipinski definition) is 0. The number of methoxy groups -OCH3 is 1. The lowest BCUT2D eigenvalue weighted by atomic mass is 10.1. The first-order valence-electron chi connectivity index (χ1n) is 8.07. The number of benzene rings is 1. The second-order valence-electron chi connectivity index (χ2n) is 5.29. The summed E-state index contributed by atoms with van der Waals surface area (Å²) < 4.78 is 5.22. The maximum atomic E-state index is 6.47. The van der Waals surface area contributed by atoms with Crippen molar-refractivity contribution in [3.8, 4) is 5.75 Å². The lowest BCUT2D eigenvalue weighted by molar-refractivity contribution is -0.0403. The monoisotopic (exact) mass is 400 g/mol. The molecule has 0 fully saturated rings. The Bertz CT molecular complexity index is 716. The molecule has 0 spiro atoms. The highest BCUT2D eigenvalue weighted by Gasteiger charge is 2.19. The Morgan fingerprint density at radius 1 is 1.20 bits per heavy atom. The maximum absolute atomic E-state index is 6.47. The molecule has 25 heavy (non-hydrogen) atoms. The lowest BCUT2D eigenvalue weighted by Gasteiger charge is -2.24. The molecule has 7 heteroatoms. The minimum atomic E-state index is -0.141. The quantitative estimate of drug-likeness (QED) is 0.332. The van der Waals surface area contributed by atoms with E-state index < -0.39 is 0 Å². The minimum absolute atomic E-state index is 0.141. The molecule has 1 unspecified atom stereocenters. The zero-order valence-corrected chi connectivity index (χ0v) is 17.1. The van der Waals surface area contributed by atoms with E-state index >= 15 is 0 Å². The number of rotatable bonds is 8. The van der Waals surface area contributed by atoms with Crippen molar-refractivity contribution < 1.29 is 9.57 Å². The van der Waals surface area contributed by atoms with Gasteiger partial charge >= 0.3 is 0 Å². The fraction of sp³-hybridized carbons (Fsp3) is 0.389. The van der Waals surface area contributed by atoms with Gasteiger partial charge in [-0.25, -0.2) is 0 Å². The highest BCUT2D eigenvalue weighted by Crippen LogP contribution is 2.36. The van der Waals surface area contributed by atoms with Crippen molar-refractivity contribution in [1.29, 1.82) is 0 Å². The molecule has 4 nitrogen and oxygen atoms in total. The van der Waals surface area contributed by atoms with E-state index in [1.807, 2.05) is 30.5 Å². The van der Waals surface area contributed by atoms with Crippen LogP contribution in [0.15, 0.2) is 34.8 Å². The van der Waals surface area contributed by atoms with Gasteiger partial charge in [0.15, 0.2) is 6.23 Å². The molecule has 0 saturated carbocycles. The average Bonchev–Trinajstić information content (AvgIpc) is 3.14. The molecule has 0 aliphatic carbocycles. The third-order valence-corrected chi connectivity index (χ3v) is 5.64. The Balaban J connectivity index is 2.42. The van der Waals surface area contributed by atoms with E-state index in [9.17, 15) is 0 Å². The molecule has 0 saturated heterocycles. The van der Waals surface area contributed by atoms with Crippen LogP contribution in [0, 0.1) is 0 Å². The van der Waals surface area contributed by atoms with Crippen LogP contribution in [-0.2, 0) is 4.84 Å². The van der Waals surface area contributed by atoms with Gasteiger partial charge in [0.05, 0.1) is 17.0 Å². The van der Waals surface area contributed by atoms with Crippen LogP contribution in [0.3, 0.4) is 0 Å². The van der Waals surface area contributed by atoms with Crippen molar-refractivity contribution in [3.05, 3.63) is 50.1 Å². The first-order chi connectivity index (χ1) is 12.0. The predicted molar refractivity (Wildman–Crippen MR) is 106 cm³/mol. The SMILES string of the molecule is CCN(CC)C(C)ON=C(c1cccs1)c1ccc(OC)c(Cl)c1Cl. The Morgan fingerprint density at radius 3 is 2.48 bits per heavy atom. The maximum Gasteiger partial charge on any atom is 0.178 e. The molecule has 1 aromatic heterocycles. The third kappa shape index (κ3) is 4.67.